The number of aromatic hydroxyl groups is 3. The molecule has 19 heavy (non-hydrogen) atoms. The molecule has 0 spiro atoms. The summed E-state index contributed by atoms with van der Waals surface area (Å²) in [4.78, 5) is 4.26. The fourth-order valence-corrected chi connectivity index (χ4v) is 2.60. The molecule has 1 heterocycles. The summed E-state index contributed by atoms with van der Waals surface area (Å²) < 4.78 is 0. The Labute approximate surface area is 115 Å². The maximum Gasteiger partial charge on any atom is 0.200 e. The Hall–Kier alpha value is -1.79. The van der Waals surface area contributed by atoms with E-state index in [0.717, 1.165) is 11.4 Å². The van der Waals surface area contributed by atoms with E-state index < -0.39 is 5.75 Å². The Kier molecular flexibility index (Phi) is 4.24. The second kappa shape index (κ2) is 5.90. The van der Waals surface area contributed by atoms with Crippen molar-refractivity contribution >= 4 is 11.3 Å². The molecule has 2 aromatic rings. The lowest BCUT2D eigenvalue weighted by molar-refractivity contribution is 0.363. The molecule has 5 nitrogen and oxygen atoms in total. The predicted molar refractivity (Wildman–Crippen MR) is 73.4 cm³/mol. The normalized spacial score (nSPS) is 12.5. The highest BCUT2D eigenvalue weighted by molar-refractivity contribution is 7.09. The number of hydrogen-bond acceptors (Lipinski definition) is 6. The molecule has 0 saturated carbocycles. The molecule has 0 bridgehead atoms. The number of rotatable bonds is 5. The monoisotopic (exact) mass is 280 g/mol. The molecule has 4 N–H and O–H groups in total. The molecule has 0 aliphatic heterocycles. The van der Waals surface area contributed by atoms with Crippen LogP contribution in [0.4, 0.5) is 0 Å². The van der Waals surface area contributed by atoms with Gasteiger partial charge in [-0.2, -0.15) is 0 Å². The number of phenols is 3. The highest BCUT2D eigenvalue weighted by Crippen LogP contribution is 2.37. The zero-order valence-corrected chi connectivity index (χ0v) is 11.3. The van der Waals surface area contributed by atoms with Gasteiger partial charge in [0, 0.05) is 23.7 Å². The van der Waals surface area contributed by atoms with Crippen LogP contribution >= 0.6 is 11.3 Å². The van der Waals surface area contributed by atoms with E-state index in [1.807, 2.05) is 12.3 Å². The number of thiazole rings is 1. The summed E-state index contributed by atoms with van der Waals surface area (Å²) in [5.74, 6) is -1.10. The first-order chi connectivity index (χ1) is 9.13. The second-order valence-electron chi connectivity index (χ2n) is 4.15. The standard InChI is InChI=1S/C13H16N2O3S/c1-2-9(13-14-5-6-19-13)15-7-8-3-4-10(16)12(18)11(8)17/h3-6,9,15-18H,2,7H2,1H3. The molecule has 2 rings (SSSR count). The van der Waals surface area contributed by atoms with Gasteiger partial charge in [-0.05, 0) is 12.5 Å². The van der Waals surface area contributed by atoms with Crippen LogP contribution in [-0.4, -0.2) is 20.3 Å². The minimum atomic E-state index is -0.485. The van der Waals surface area contributed by atoms with Gasteiger partial charge in [0.2, 0.25) is 5.75 Å². The van der Waals surface area contributed by atoms with E-state index in [4.69, 9.17) is 0 Å². The van der Waals surface area contributed by atoms with Crippen LogP contribution in [0.2, 0.25) is 0 Å². The third-order valence-corrected chi connectivity index (χ3v) is 3.80. The van der Waals surface area contributed by atoms with Gasteiger partial charge in [0.15, 0.2) is 11.5 Å². The van der Waals surface area contributed by atoms with Gasteiger partial charge in [-0.1, -0.05) is 13.0 Å². The molecule has 0 fully saturated rings. The first-order valence-electron chi connectivity index (χ1n) is 5.99. The van der Waals surface area contributed by atoms with Crippen LogP contribution in [0.25, 0.3) is 0 Å². The van der Waals surface area contributed by atoms with Crippen molar-refractivity contribution in [3.05, 3.63) is 34.3 Å². The van der Waals surface area contributed by atoms with Gasteiger partial charge in [0.1, 0.15) is 5.01 Å². The van der Waals surface area contributed by atoms with Crippen molar-refractivity contribution < 1.29 is 15.3 Å². The Morgan fingerprint density at radius 1 is 1.26 bits per heavy atom. The van der Waals surface area contributed by atoms with Crippen molar-refractivity contribution in [2.24, 2.45) is 0 Å². The lowest BCUT2D eigenvalue weighted by atomic mass is 10.1. The molecule has 1 unspecified atom stereocenters. The number of phenolic OH excluding ortho intramolecular Hbond substituents is 3. The Bertz CT molecular complexity index is 543. The minimum Gasteiger partial charge on any atom is -0.504 e. The van der Waals surface area contributed by atoms with Crippen molar-refractivity contribution in [3.8, 4) is 17.2 Å². The van der Waals surface area contributed by atoms with Crippen molar-refractivity contribution in [1.29, 1.82) is 0 Å². The summed E-state index contributed by atoms with van der Waals surface area (Å²) in [5, 5.41) is 34.6. The first-order valence-corrected chi connectivity index (χ1v) is 6.87. The van der Waals surface area contributed by atoms with E-state index >= 15 is 0 Å². The molecule has 6 heteroatoms. The van der Waals surface area contributed by atoms with Gasteiger partial charge in [-0.15, -0.1) is 11.3 Å². The van der Waals surface area contributed by atoms with Gasteiger partial charge in [0.05, 0.1) is 6.04 Å². The maximum absolute atomic E-state index is 9.73. The Balaban J connectivity index is 2.08. The fourth-order valence-electron chi connectivity index (χ4n) is 1.80. The number of nitrogens with one attached hydrogen (secondary N) is 1. The maximum atomic E-state index is 9.73. The van der Waals surface area contributed by atoms with Crippen LogP contribution in [0, 0.1) is 0 Å². The van der Waals surface area contributed by atoms with Crippen LogP contribution < -0.4 is 5.32 Å². The molecule has 0 aliphatic carbocycles. The minimum absolute atomic E-state index is 0.107. The zero-order valence-electron chi connectivity index (χ0n) is 10.5. The molecule has 0 radical (unpaired) electrons. The van der Waals surface area contributed by atoms with Gasteiger partial charge in [0.25, 0.3) is 0 Å². The molecule has 0 saturated heterocycles. The van der Waals surface area contributed by atoms with Gasteiger partial charge < -0.3 is 20.6 Å². The SMILES string of the molecule is CCC(NCc1ccc(O)c(O)c1O)c1nccs1. The summed E-state index contributed by atoms with van der Waals surface area (Å²) in [6.07, 6.45) is 2.63. The molecule has 0 aliphatic rings. The van der Waals surface area contributed by atoms with Crippen LogP contribution in [0.1, 0.15) is 30.0 Å². The highest BCUT2D eigenvalue weighted by atomic mass is 32.1. The third-order valence-electron chi connectivity index (χ3n) is 2.91. The summed E-state index contributed by atoms with van der Waals surface area (Å²) in [7, 11) is 0. The molecule has 1 aromatic carbocycles. The molecular weight excluding hydrogens is 264 g/mol. The van der Waals surface area contributed by atoms with Crippen LogP contribution in [0.3, 0.4) is 0 Å². The van der Waals surface area contributed by atoms with Crippen molar-refractivity contribution in [3.63, 3.8) is 0 Å². The lowest BCUT2D eigenvalue weighted by Gasteiger charge is -2.15. The molecule has 1 atom stereocenters. The van der Waals surface area contributed by atoms with Crippen molar-refractivity contribution in [1.82, 2.24) is 10.3 Å². The second-order valence-corrected chi connectivity index (χ2v) is 5.08. The van der Waals surface area contributed by atoms with Crippen molar-refractivity contribution in [2.75, 3.05) is 0 Å². The average molecular weight is 280 g/mol. The smallest absolute Gasteiger partial charge is 0.200 e. The number of hydrogen-bond donors (Lipinski definition) is 4. The van der Waals surface area contributed by atoms with Crippen molar-refractivity contribution in [2.45, 2.75) is 25.9 Å². The van der Waals surface area contributed by atoms with Crippen LogP contribution in [0.15, 0.2) is 23.7 Å². The zero-order chi connectivity index (χ0) is 13.8. The third kappa shape index (κ3) is 2.97. The summed E-state index contributed by atoms with van der Waals surface area (Å²) >= 11 is 1.58. The molecule has 102 valence electrons. The van der Waals surface area contributed by atoms with E-state index in [2.05, 4.69) is 10.3 Å². The van der Waals surface area contributed by atoms with E-state index in [1.54, 1.807) is 23.6 Å². The Morgan fingerprint density at radius 2 is 2.05 bits per heavy atom. The Morgan fingerprint density at radius 3 is 2.68 bits per heavy atom. The molecule has 1 aromatic heterocycles. The van der Waals surface area contributed by atoms with Crippen LogP contribution in [0.5, 0.6) is 17.2 Å². The number of benzene rings is 1. The fraction of sp³-hybridized carbons (Fsp3) is 0.308. The van der Waals surface area contributed by atoms with Gasteiger partial charge in [-0.3, -0.25) is 0 Å². The summed E-state index contributed by atoms with van der Waals surface area (Å²) in [6, 6.07) is 3.04. The largest absolute Gasteiger partial charge is 0.504 e. The number of nitrogens with zero attached hydrogens (tertiary/aromatic N) is 1. The molecule has 0 amide bonds. The summed E-state index contributed by atoms with van der Waals surface area (Å²) in [6.45, 7) is 2.44. The molecular formula is C13H16N2O3S. The van der Waals surface area contributed by atoms with Gasteiger partial charge in [-0.25, -0.2) is 4.98 Å². The predicted octanol–water partition coefficient (Wildman–Crippen LogP) is 2.50. The topological polar surface area (TPSA) is 85.6 Å². The van der Waals surface area contributed by atoms with E-state index in [-0.39, 0.29) is 17.5 Å². The average Bonchev–Trinajstić information content (AvgIpc) is 2.93. The number of aromatic nitrogens is 1. The quantitative estimate of drug-likeness (QED) is 0.632. The van der Waals surface area contributed by atoms with E-state index in [0.29, 0.717) is 12.1 Å². The van der Waals surface area contributed by atoms with Crippen LogP contribution in [-0.2, 0) is 6.54 Å². The first kappa shape index (κ1) is 13.6. The highest BCUT2D eigenvalue weighted by Gasteiger charge is 2.14. The van der Waals surface area contributed by atoms with Gasteiger partial charge >= 0.3 is 0 Å². The van der Waals surface area contributed by atoms with E-state index in [1.165, 1.54) is 6.07 Å². The summed E-state index contributed by atoms with van der Waals surface area (Å²) in [5.41, 5.74) is 0.533. The van der Waals surface area contributed by atoms with E-state index in [9.17, 15) is 15.3 Å². The lowest BCUT2D eigenvalue weighted by Crippen LogP contribution is -2.20.